The summed E-state index contributed by atoms with van der Waals surface area (Å²) in [5, 5.41) is 10.4. The SMILES string of the molecule is CC1c2cc3c(C(=O)O)c(-c4ccc(F)cc4)oc3cc2N(S(C)(=O)=O)C[C@@H]2CCCN12. The number of hydrogen-bond acceptors (Lipinski definition) is 5. The van der Waals surface area contributed by atoms with Crippen molar-refractivity contribution in [1.82, 2.24) is 4.90 Å². The lowest BCUT2D eigenvalue weighted by Gasteiger charge is -2.28. The van der Waals surface area contributed by atoms with Gasteiger partial charge in [0.05, 0.1) is 11.9 Å². The van der Waals surface area contributed by atoms with Gasteiger partial charge >= 0.3 is 5.97 Å². The second-order valence-electron chi connectivity index (χ2n) is 8.53. The van der Waals surface area contributed by atoms with Crippen LogP contribution in [0.5, 0.6) is 0 Å². The monoisotopic (exact) mass is 458 g/mol. The van der Waals surface area contributed by atoms with E-state index >= 15 is 0 Å². The Labute approximate surface area is 185 Å². The molecule has 3 heterocycles. The normalized spacial score (nSPS) is 21.4. The van der Waals surface area contributed by atoms with Crippen molar-refractivity contribution in [3.05, 3.63) is 53.3 Å². The number of carboxylic acid groups (broad SMARTS) is 1. The number of fused-ring (bicyclic) bond motifs is 3. The summed E-state index contributed by atoms with van der Waals surface area (Å²) < 4.78 is 46.2. The number of anilines is 1. The van der Waals surface area contributed by atoms with Gasteiger partial charge in [-0.15, -0.1) is 0 Å². The van der Waals surface area contributed by atoms with Crippen molar-refractivity contribution < 1.29 is 27.1 Å². The first-order chi connectivity index (χ1) is 15.1. The Bertz CT molecular complexity index is 1330. The molecule has 32 heavy (non-hydrogen) atoms. The molecule has 0 radical (unpaired) electrons. The third-order valence-corrected chi connectivity index (χ3v) is 7.72. The average molecular weight is 459 g/mol. The van der Waals surface area contributed by atoms with Crippen LogP contribution in [-0.2, 0) is 10.0 Å². The van der Waals surface area contributed by atoms with Crippen LogP contribution in [0.2, 0.25) is 0 Å². The molecule has 1 saturated heterocycles. The van der Waals surface area contributed by atoms with Gasteiger partial charge in [-0.05, 0) is 62.2 Å². The lowest BCUT2D eigenvalue weighted by atomic mass is 9.99. The molecule has 2 aromatic carbocycles. The average Bonchev–Trinajstić information content (AvgIpc) is 3.31. The van der Waals surface area contributed by atoms with Gasteiger partial charge in [-0.2, -0.15) is 0 Å². The third-order valence-electron chi connectivity index (χ3n) is 6.57. The molecular formula is C23H23FN2O5S. The molecule has 0 spiro atoms. The maximum Gasteiger partial charge on any atom is 0.340 e. The van der Waals surface area contributed by atoms with Gasteiger partial charge in [0.1, 0.15) is 22.7 Å². The molecule has 1 aromatic heterocycles. The fourth-order valence-corrected chi connectivity index (χ4v) is 6.02. The maximum atomic E-state index is 13.4. The molecule has 1 unspecified atom stereocenters. The minimum absolute atomic E-state index is 0.0188. The van der Waals surface area contributed by atoms with Gasteiger partial charge in [-0.3, -0.25) is 9.21 Å². The zero-order valence-corrected chi connectivity index (χ0v) is 18.5. The van der Waals surface area contributed by atoms with Crippen molar-refractivity contribution in [3.8, 4) is 11.3 Å². The molecule has 2 aliphatic rings. The summed E-state index contributed by atoms with van der Waals surface area (Å²) in [5.41, 5.74) is 1.96. The van der Waals surface area contributed by atoms with Gasteiger partial charge in [0.25, 0.3) is 0 Å². The largest absolute Gasteiger partial charge is 0.478 e. The van der Waals surface area contributed by atoms with Crippen LogP contribution in [0.3, 0.4) is 0 Å². The van der Waals surface area contributed by atoms with E-state index in [1.54, 1.807) is 12.1 Å². The first kappa shape index (κ1) is 21.0. The topological polar surface area (TPSA) is 91.1 Å². The molecule has 7 nitrogen and oxygen atoms in total. The summed E-state index contributed by atoms with van der Waals surface area (Å²) >= 11 is 0. The molecule has 1 N–H and O–H groups in total. The van der Waals surface area contributed by atoms with E-state index in [0.29, 0.717) is 23.2 Å². The number of hydrogen-bond donors (Lipinski definition) is 1. The molecule has 0 saturated carbocycles. The summed E-state index contributed by atoms with van der Waals surface area (Å²) in [6.07, 6.45) is 3.09. The van der Waals surface area contributed by atoms with Gasteiger partial charge < -0.3 is 9.52 Å². The van der Waals surface area contributed by atoms with Crippen LogP contribution >= 0.6 is 0 Å². The number of carbonyl (C=O) groups is 1. The highest BCUT2D eigenvalue weighted by atomic mass is 32.2. The van der Waals surface area contributed by atoms with Gasteiger partial charge in [0, 0.05) is 35.6 Å². The Morgan fingerprint density at radius 2 is 1.94 bits per heavy atom. The zero-order valence-electron chi connectivity index (χ0n) is 17.7. The molecule has 3 aromatic rings. The summed E-state index contributed by atoms with van der Waals surface area (Å²) in [4.78, 5) is 14.5. The molecule has 9 heteroatoms. The fraction of sp³-hybridized carbons (Fsp3) is 0.348. The van der Waals surface area contributed by atoms with Crippen LogP contribution in [0.25, 0.3) is 22.3 Å². The minimum Gasteiger partial charge on any atom is -0.478 e. The Morgan fingerprint density at radius 1 is 1.22 bits per heavy atom. The van der Waals surface area contributed by atoms with Gasteiger partial charge in [0.2, 0.25) is 10.0 Å². The van der Waals surface area contributed by atoms with Crippen molar-refractivity contribution >= 4 is 32.6 Å². The van der Waals surface area contributed by atoms with E-state index in [1.807, 2.05) is 6.92 Å². The van der Waals surface area contributed by atoms with Crippen LogP contribution in [0.15, 0.2) is 40.8 Å². The van der Waals surface area contributed by atoms with Crippen molar-refractivity contribution in [2.45, 2.75) is 31.8 Å². The molecule has 2 atom stereocenters. The Hall–Kier alpha value is -2.91. The molecule has 168 valence electrons. The van der Waals surface area contributed by atoms with Crippen molar-refractivity contribution in [2.75, 3.05) is 23.7 Å². The minimum atomic E-state index is -3.56. The molecule has 1 fully saturated rings. The van der Waals surface area contributed by atoms with E-state index in [2.05, 4.69) is 4.90 Å². The van der Waals surface area contributed by atoms with E-state index in [0.717, 1.165) is 24.9 Å². The number of benzene rings is 2. The lowest BCUT2D eigenvalue weighted by molar-refractivity contribution is 0.0699. The smallest absolute Gasteiger partial charge is 0.340 e. The lowest BCUT2D eigenvalue weighted by Crippen LogP contribution is -2.40. The van der Waals surface area contributed by atoms with Crippen LogP contribution in [0.1, 0.15) is 41.7 Å². The summed E-state index contributed by atoms with van der Waals surface area (Å²) in [6, 6.07) is 8.80. The summed E-state index contributed by atoms with van der Waals surface area (Å²) in [5.74, 6) is -1.49. The Kier molecular flexibility index (Phi) is 4.79. The highest BCUT2D eigenvalue weighted by Gasteiger charge is 2.39. The van der Waals surface area contributed by atoms with E-state index in [4.69, 9.17) is 4.42 Å². The van der Waals surface area contributed by atoms with Crippen LogP contribution in [0.4, 0.5) is 10.1 Å². The first-order valence-electron chi connectivity index (χ1n) is 10.5. The van der Waals surface area contributed by atoms with E-state index < -0.39 is 21.8 Å². The number of sulfonamides is 1. The van der Waals surface area contributed by atoms with E-state index in [1.165, 1.54) is 34.8 Å². The van der Waals surface area contributed by atoms with Crippen LogP contribution in [-0.4, -0.2) is 49.8 Å². The Balaban J connectivity index is 1.78. The fourth-order valence-electron chi connectivity index (χ4n) is 5.06. The number of furan rings is 1. The third kappa shape index (κ3) is 3.27. The first-order valence-corrected chi connectivity index (χ1v) is 12.3. The molecule has 0 bridgehead atoms. The van der Waals surface area contributed by atoms with Crippen LogP contribution < -0.4 is 4.31 Å². The van der Waals surface area contributed by atoms with Gasteiger partial charge in [-0.1, -0.05) is 0 Å². The number of rotatable bonds is 3. The van der Waals surface area contributed by atoms with E-state index in [-0.39, 0.29) is 29.0 Å². The molecule has 0 aliphatic carbocycles. The van der Waals surface area contributed by atoms with Crippen molar-refractivity contribution in [2.24, 2.45) is 0 Å². The number of aromatic carboxylic acids is 1. The summed E-state index contributed by atoms with van der Waals surface area (Å²) in [7, 11) is -3.56. The number of halogens is 1. The van der Waals surface area contributed by atoms with Crippen molar-refractivity contribution in [3.63, 3.8) is 0 Å². The number of nitrogens with zero attached hydrogens (tertiary/aromatic N) is 2. The molecular weight excluding hydrogens is 435 g/mol. The molecule has 0 amide bonds. The summed E-state index contributed by atoms with van der Waals surface area (Å²) in [6.45, 7) is 3.23. The predicted molar refractivity (Wildman–Crippen MR) is 119 cm³/mol. The molecule has 5 rings (SSSR count). The highest BCUT2D eigenvalue weighted by Crippen LogP contribution is 2.44. The quantitative estimate of drug-likeness (QED) is 0.631. The second-order valence-corrected chi connectivity index (χ2v) is 10.4. The van der Waals surface area contributed by atoms with Crippen LogP contribution in [0, 0.1) is 5.82 Å². The van der Waals surface area contributed by atoms with E-state index in [9.17, 15) is 22.7 Å². The predicted octanol–water partition coefficient (Wildman–Crippen LogP) is 4.24. The second kappa shape index (κ2) is 7.31. The number of carboxylic acids is 1. The molecule has 2 aliphatic heterocycles. The maximum absolute atomic E-state index is 13.4. The standard InChI is InChI=1S/C23H23FN2O5S/c1-13-17-10-18-20(31-22(21(18)23(27)28)14-5-7-15(24)8-6-14)11-19(17)26(32(2,29)30)12-16-4-3-9-25(13)16/h5-8,10-11,13,16H,3-4,9,12H2,1-2H3,(H,27,28)/t13?,16-/m0/s1. The highest BCUT2D eigenvalue weighted by molar-refractivity contribution is 7.92. The van der Waals surface area contributed by atoms with Gasteiger partial charge in [0.15, 0.2) is 0 Å². The Morgan fingerprint density at radius 3 is 2.59 bits per heavy atom. The van der Waals surface area contributed by atoms with Crippen molar-refractivity contribution in [1.29, 1.82) is 0 Å². The van der Waals surface area contributed by atoms with Gasteiger partial charge in [-0.25, -0.2) is 17.6 Å². The zero-order chi connectivity index (χ0) is 22.8.